The normalized spacial score (nSPS) is 17.1. The second-order valence-electron chi connectivity index (χ2n) is 4.80. The molecule has 1 aromatic rings. The topological polar surface area (TPSA) is 61.8 Å². The van der Waals surface area contributed by atoms with E-state index >= 15 is 0 Å². The minimum absolute atomic E-state index is 0.0446. The van der Waals surface area contributed by atoms with Crippen LogP contribution < -0.4 is 0 Å². The first-order chi connectivity index (χ1) is 7.62. The molecule has 1 saturated carbocycles. The van der Waals surface area contributed by atoms with Crippen LogP contribution in [0.25, 0.3) is 0 Å². The van der Waals surface area contributed by atoms with Crippen LogP contribution in [0.2, 0.25) is 0 Å². The molecule has 86 valence electrons. The van der Waals surface area contributed by atoms with Gasteiger partial charge in [-0.05, 0) is 26.7 Å². The number of hydrogen-bond donors (Lipinski definition) is 1. The summed E-state index contributed by atoms with van der Waals surface area (Å²) < 4.78 is 1.95. The van der Waals surface area contributed by atoms with Gasteiger partial charge in [0.15, 0.2) is 0 Å². The number of aliphatic hydroxyl groups excluding tert-OH is 1. The predicted molar refractivity (Wildman–Crippen MR) is 59.5 cm³/mol. The van der Waals surface area contributed by atoms with E-state index in [0.717, 1.165) is 36.3 Å². The van der Waals surface area contributed by atoms with E-state index in [0.29, 0.717) is 6.42 Å². The Hall–Kier alpha value is -1.34. The molecular weight excluding hydrogens is 202 g/mol. The van der Waals surface area contributed by atoms with Crippen molar-refractivity contribution in [3.8, 4) is 6.07 Å². The summed E-state index contributed by atoms with van der Waals surface area (Å²) in [6.07, 6.45) is 2.85. The molecule has 1 fully saturated rings. The highest BCUT2D eigenvalue weighted by atomic mass is 16.3. The number of aliphatic hydroxyl groups is 1. The average Bonchev–Trinajstić information content (AvgIpc) is 2.92. The highest BCUT2D eigenvalue weighted by Gasteiger charge is 2.43. The van der Waals surface area contributed by atoms with Crippen molar-refractivity contribution in [2.24, 2.45) is 5.41 Å². The van der Waals surface area contributed by atoms with Gasteiger partial charge in [-0.15, -0.1) is 0 Å². The van der Waals surface area contributed by atoms with Crippen molar-refractivity contribution in [1.82, 2.24) is 9.78 Å². The highest BCUT2D eigenvalue weighted by Crippen LogP contribution is 2.50. The van der Waals surface area contributed by atoms with E-state index in [1.54, 1.807) is 0 Å². The molecule has 0 radical (unpaired) electrons. The molecule has 16 heavy (non-hydrogen) atoms. The van der Waals surface area contributed by atoms with E-state index < -0.39 is 0 Å². The Kier molecular flexibility index (Phi) is 2.73. The van der Waals surface area contributed by atoms with Gasteiger partial charge in [0.1, 0.15) is 0 Å². The fourth-order valence-corrected chi connectivity index (χ4v) is 2.17. The van der Waals surface area contributed by atoms with Crippen molar-refractivity contribution < 1.29 is 5.11 Å². The fraction of sp³-hybridized carbons (Fsp3) is 0.667. The van der Waals surface area contributed by atoms with Crippen LogP contribution in [0.1, 0.15) is 36.2 Å². The van der Waals surface area contributed by atoms with Crippen molar-refractivity contribution in [1.29, 1.82) is 5.26 Å². The van der Waals surface area contributed by atoms with E-state index in [2.05, 4.69) is 11.2 Å². The van der Waals surface area contributed by atoms with Gasteiger partial charge >= 0.3 is 0 Å². The summed E-state index contributed by atoms with van der Waals surface area (Å²) in [5.74, 6) is 0. The zero-order valence-electron chi connectivity index (χ0n) is 9.82. The van der Waals surface area contributed by atoms with Crippen LogP contribution in [0.3, 0.4) is 0 Å². The van der Waals surface area contributed by atoms with Crippen LogP contribution >= 0.6 is 0 Å². The maximum absolute atomic E-state index is 9.22. The number of nitrogens with zero attached hydrogens (tertiary/aromatic N) is 3. The molecule has 1 heterocycles. The minimum Gasteiger partial charge on any atom is -0.392 e. The Morgan fingerprint density at radius 3 is 2.62 bits per heavy atom. The summed E-state index contributed by atoms with van der Waals surface area (Å²) in [6, 6.07) is 2.26. The molecule has 0 amide bonds. The molecule has 4 heteroatoms. The Balaban J connectivity index is 2.20. The van der Waals surface area contributed by atoms with Crippen LogP contribution in [0.4, 0.5) is 0 Å². The molecule has 0 atom stereocenters. The standard InChI is InChI=1S/C12H17N3O/c1-9-11(7-16)10(2)15(14-9)8-12(3-4-12)5-6-13/h16H,3-5,7-8H2,1-2H3. The summed E-state index contributed by atoms with van der Waals surface area (Å²) in [4.78, 5) is 0. The van der Waals surface area contributed by atoms with Crippen molar-refractivity contribution in [3.05, 3.63) is 17.0 Å². The molecule has 0 unspecified atom stereocenters. The summed E-state index contributed by atoms with van der Waals surface area (Å²) in [6.45, 7) is 4.75. The third kappa shape index (κ3) is 1.83. The second-order valence-corrected chi connectivity index (χ2v) is 4.80. The van der Waals surface area contributed by atoms with Crippen molar-refractivity contribution in [2.45, 2.75) is 46.3 Å². The van der Waals surface area contributed by atoms with Gasteiger partial charge in [-0.1, -0.05) is 0 Å². The minimum atomic E-state index is 0.0446. The zero-order chi connectivity index (χ0) is 11.8. The molecule has 0 saturated heterocycles. The maximum Gasteiger partial charge on any atom is 0.0718 e. The smallest absolute Gasteiger partial charge is 0.0718 e. The quantitative estimate of drug-likeness (QED) is 0.838. The van der Waals surface area contributed by atoms with E-state index in [1.165, 1.54) is 0 Å². The van der Waals surface area contributed by atoms with Crippen molar-refractivity contribution in [2.75, 3.05) is 0 Å². The van der Waals surface area contributed by atoms with Crippen LogP contribution in [0.15, 0.2) is 0 Å². The lowest BCUT2D eigenvalue weighted by molar-refractivity contribution is 0.279. The summed E-state index contributed by atoms with van der Waals surface area (Å²) in [7, 11) is 0. The van der Waals surface area contributed by atoms with Gasteiger partial charge in [-0.2, -0.15) is 10.4 Å². The van der Waals surface area contributed by atoms with Gasteiger partial charge in [0, 0.05) is 29.6 Å². The fourth-order valence-electron chi connectivity index (χ4n) is 2.17. The van der Waals surface area contributed by atoms with Gasteiger partial charge in [-0.25, -0.2) is 0 Å². The monoisotopic (exact) mass is 219 g/mol. The first kappa shape index (κ1) is 11.2. The third-order valence-electron chi connectivity index (χ3n) is 3.59. The molecule has 4 nitrogen and oxygen atoms in total. The molecule has 1 aromatic heterocycles. The maximum atomic E-state index is 9.22. The van der Waals surface area contributed by atoms with Crippen molar-refractivity contribution >= 4 is 0 Å². The summed E-state index contributed by atoms with van der Waals surface area (Å²) in [5.41, 5.74) is 3.01. The average molecular weight is 219 g/mol. The highest BCUT2D eigenvalue weighted by molar-refractivity contribution is 5.23. The Morgan fingerprint density at radius 1 is 1.50 bits per heavy atom. The first-order valence-corrected chi connectivity index (χ1v) is 5.62. The number of nitriles is 1. The zero-order valence-corrected chi connectivity index (χ0v) is 9.82. The van der Waals surface area contributed by atoms with Gasteiger partial charge < -0.3 is 5.11 Å². The van der Waals surface area contributed by atoms with E-state index in [1.807, 2.05) is 18.5 Å². The SMILES string of the molecule is Cc1nn(CC2(CC#N)CC2)c(C)c1CO. The first-order valence-electron chi connectivity index (χ1n) is 5.62. The summed E-state index contributed by atoms with van der Waals surface area (Å²) in [5, 5.41) is 22.4. The molecule has 1 aliphatic rings. The van der Waals surface area contributed by atoms with Gasteiger partial charge in [0.2, 0.25) is 0 Å². The van der Waals surface area contributed by atoms with Crippen LogP contribution in [-0.2, 0) is 13.2 Å². The lowest BCUT2D eigenvalue weighted by Crippen LogP contribution is -2.14. The third-order valence-corrected chi connectivity index (χ3v) is 3.59. The number of hydrogen-bond acceptors (Lipinski definition) is 3. The largest absolute Gasteiger partial charge is 0.392 e. The molecule has 0 aromatic carbocycles. The second kappa shape index (κ2) is 3.91. The molecule has 2 rings (SSSR count). The van der Waals surface area contributed by atoms with Gasteiger partial charge in [0.25, 0.3) is 0 Å². The van der Waals surface area contributed by atoms with E-state index in [9.17, 15) is 5.11 Å². The molecule has 0 spiro atoms. The van der Waals surface area contributed by atoms with E-state index in [-0.39, 0.29) is 12.0 Å². The molecule has 1 aliphatic carbocycles. The number of aryl methyl sites for hydroxylation is 1. The Labute approximate surface area is 95.5 Å². The number of rotatable bonds is 4. The molecule has 0 bridgehead atoms. The van der Waals surface area contributed by atoms with E-state index in [4.69, 9.17) is 5.26 Å². The lowest BCUT2D eigenvalue weighted by atomic mass is 10.0. The Morgan fingerprint density at radius 2 is 2.19 bits per heavy atom. The van der Waals surface area contributed by atoms with Crippen LogP contribution in [0.5, 0.6) is 0 Å². The van der Waals surface area contributed by atoms with Crippen LogP contribution in [0, 0.1) is 30.6 Å². The van der Waals surface area contributed by atoms with Crippen molar-refractivity contribution in [3.63, 3.8) is 0 Å². The predicted octanol–water partition coefficient (Wildman–Crippen LogP) is 1.69. The molecule has 1 N–H and O–H groups in total. The van der Waals surface area contributed by atoms with Gasteiger partial charge in [0.05, 0.1) is 18.4 Å². The van der Waals surface area contributed by atoms with Gasteiger partial charge in [-0.3, -0.25) is 4.68 Å². The molecule has 0 aliphatic heterocycles. The van der Waals surface area contributed by atoms with Crippen LogP contribution in [-0.4, -0.2) is 14.9 Å². The number of aromatic nitrogens is 2. The Bertz CT molecular complexity index is 438. The summed E-state index contributed by atoms with van der Waals surface area (Å²) >= 11 is 0. The lowest BCUT2D eigenvalue weighted by Gasteiger charge is -2.12. The molecular formula is C12H17N3O.